The van der Waals surface area contributed by atoms with Gasteiger partial charge in [-0.15, -0.1) is 0 Å². The molecule has 0 saturated carbocycles. The first-order chi connectivity index (χ1) is 12.0. The van der Waals surface area contributed by atoms with Gasteiger partial charge in [0.2, 0.25) is 0 Å². The molecule has 0 unspecified atom stereocenters. The summed E-state index contributed by atoms with van der Waals surface area (Å²) in [6.45, 7) is 2.49. The Morgan fingerprint density at radius 3 is 2.76 bits per heavy atom. The monoisotopic (exact) mass is 373 g/mol. The maximum atomic E-state index is 12.7. The number of rotatable bonds is 8. The third-order valence-corrected chi connectivity index (χ3v) is 4.69. The Morgan fingerprint density at radius 1 is 1.36 bits per heavy atom. The molecular formula is C17H25F2N3O2S. The number of halogens is 2. The second-order valence-electron chi connectivity index (χ2n) is 6.19. The molecule has 1 aliphatic rings. The highest BCUT2D eigenvalue weighted by atomic mass is 32.2. The van der Waals surface area contributed by atoms with E-state index in [1.807, 2.05) is 19.0 Å². The molecule has 0 spiro atoms. The highest BCUT2D eigenvalue weighted by Gasteiger charge is 2.23. The molecule has 1 aromatic rings. The molecule has 1 fully saturated rings. The summed E-state index contributed by atoms with van der Waals surface area (Å²) in [6, 6.07) is 6.32. The number of hydrogen-bond acceptors (Lipinski definition) is 4. The van der Waals surface area contributed by atoms with Gasteiger partial charge in [0.25, 0.3) is 5.76 Å². The highest BCUT2D eigenvalue weighted by molar-refractivity contribution is 7.99. The lowest BCUT2D eigenvalue weighted by molar-refractivity contribution is 0.0820. The van der Waals surface area contributed by atoms with Gasteiger partial charge >= 0.3 is 6.03 Å². The maximum Gasteiger partial charge on any atom is 0.322 e. The summed E-state index contributed by atoms with van der Waals surface area (Å²) in [5.74, 6) is -2.53. The van der Waals surface area contributed by atoms with Crippen molar-refractivity contribution in [3.05, 3.63) is 24.3 Å². The highest BCUT2D eigenvalue weighted by Crippen LogP contribution is 2.31. The van der Waals surface area contributed by atoms with E-state index in [1.165, 1.54) is 0 Å². The fraction of sp³-hybridized carbons (Fsp3) is 0.588. The van der Waals surface area contributed by atoms with Crippen LogP contribution in [0.5, 0.6) is 0 Å². The van der Waals surface area contributed by atoms with Gasteiger partial charge in [-0.2, -0.15) is 8.78 Å². The van der Waals surface area contributed by atoms with Crippen molar-refractivity contribution in [3.8, 4) is 0 Å². The molecule has 25 heavy (non-hydrogen) atoms. The van der Waals surface area contributed by atoms with Crippen LogP contribution in [0.4, 0.5) is 19.3 Å². The normalized spacial score (nSPS) is 17.3. The minimum absolute atomic E-state index is 0.0404. The number of likely N-dealkylation sites (N-methyl/N-ethyl adjacent to an activating group) is 1. The van der Waals surface area contributed by atoms with E-state index in [0.717, 1.165) is 19.4 Å². The average Bonchev–Trinajstić information content (AvgIpc) is 3.05. The number of ether oxygens (including phenoxy) is 1. The molecule has 140 valence electrons. The predicted octanol–water partition coefficient (Wildman–Crippen LogP) is 3.58. The van der Waals surface area contributed by atoms with Crippen molar-refractivity contribution < 1.29 is 18.3 Å². The average molecular weight is 373 g/mol. The van der Waals surface area contributed by atoms with Crippen molar-refractivity contribution in [2.45, 2.75) is 29.6 Å². The first-order valence-electron chi connectivity index (χ1n) is 8.32. The van der Waals surface area contributed by atoms with Gasteiger partial charge in [0.15, 0.2) is 0 Å². The third-order valence-electron chi connectivity index (χ3n) is 3.90. The Hall–Kier alpha value is -1.38. The Balaban J connectivity index is 2.04. The molecular weight excluding hydrogens is 348 g/mol. The Bertz CT molecular complexity index is 554. The third kappa shape index (κ3) is 6.80. The quantitative estimate of drug-likeness (QED) is 0.708. The molecule has 0 bridgehead atoms. The lowest BCUT2D eigenvalue weighted by Crippen LogP contribution is -2.43. The summed E-state index contributed by atoms with van der Waals surface area (Å²) in [7, 11) is 3.88. The number of urea groups is 1. The van der Waals surface area contributed by atoms with E-state index >= 15 is 0 Å². The zero-order chi connectivity index (χ0) is 18.2. The zero-order valence-corrected chi connectivity index (χ0v) is 15.4. The van der Waals surface area contributed by atoms with Crippen LogP contribution in [0.3, 0.4) is 0 Å². The van der Waals surface area contributed by atoms with Crippen molar-refractivity contribution in [2.24, 2.45) is 0 Å². The van der Waals surface area contributed by atoms with Crippen molar-refractivity contribution >= 4 is 23.5 Å². The van der Waals surface area contributed by atoms with Crippen molar-refractivity contribution in [2.75, 3.05) is 45.7 Å². The minimum atomic E-state index is -2.53. The van der Waals surface area contributed by atoms with Gasteiger partial charge in [0.1, 0.15) is 0 Å². The van der Waals surface area contributed by atoms with Gasteiger partial charge in [-0.05, 0) is 39.1 Å². The molecule has 0 aliphatic carbocycles. The number of hydrogen-bond donors (Lipinski definition) is 1. The van der Waals surface area contributed by atoms with Crippen molar-refractivity contribution in [3.63, 3.8) is 0 Å². The van der Waals surface area contributed by atoms with E-state index in [0.29, 0.717) is 42.0 Å². The molecule has 0 radical (unpaired) electrons. The first-order valence-corrected chi connectivity index (χ1v) is 9.19. The van der Waals surface area contributed by atoms with Crippen LogP contribution < -0.4 is 5.32 Å². The van der Waals surface area contributed by atoms with Gasteiger partial charge in [0, 0.05) is 31.1 Å². The van der Waals surface area contributed by atoms with E-state index in [9.17, 15) is 13.6 Å². The SMILES string of the molecule is CN(C)CCN(C[C@H]1CCCO1)C(=O)Nc1ccccc1SC(F)F. The molecule has 0 aromatic heterocycles. The summed E-state index contributed by atoms with van der Waals surface area (Å²) >= 11 is 0.430. The summed E-state index contributed by atoms with van der Waals surface area (Å²) in [4.78, 5) is 16.7. The van der Waals surface area contributed by atoms with Gasteiger partial charge in [-0.3, -0.25) is 0 Å². The standard InChI is InChI=1S/C17H25F2N3O2S/c1-21(2)9-10-22(12-13-6-5-11-24-13)17(23)20-14-7-3-4-8-15(14)25-16(18)19/h3-4,7-8,13,16H,5-6,9-12H2,1-2H3,(H,20,23)/t13-/m1/s1. The number of amides is 2. The van der Waals surface area contributed by atoms with Gasteiger partial charge in [-0.1, -0.05) is 23.9 Å². The fourth-order valence-electron chi connectivity index (χ4n) is 2.59. The number of alkyl halides is 2. The fourth-order valence-corrected chi connectivity index (χ4v) is 3.19. The topological polar surface area (TPSA) is 44.8 Å². The number of nitrogens with one attached hydrogen (secondary N) is 1. The van der Waals surface area contributed by atoms with E-state index in [2.05, 4.69) is 5.32 Å². The predicted molar refractivity (Wildman–Crippen MR) is 96.4 cm³/mol. The first kappa shape index (κ1) is 19.9. The van der Waals surface area contributed by atoms with Gasteiger partial charge < -0.3 is 19.9 Å². The van der Waals surface area contributed by atoms with Crippen molar-refractivity contribution in [1.29, 1.82) is 0 Å². The van der Waals surface area contributed by atoms with Crippen molar-refractivity contribution in [1.82, 2.24) is 9.80 Å². The van der Waals surface area contributed by atoms with E-state index in [-0.39, 0.29) is 12.1 Å². The summed E-state index contributed by atoms with van der Waals surface area (Å²) < 4.78 is 31.0. The molecule has 1 N–H and O–H groups in total. The Labute approximate surface area is 151 Å². The second kappa shape index (κ2) is 9.94. The van der Waals surface area contributed by atoms with Crippen LogP contribution in [0.15, 0.2) is 29.2 Å². The molecule has 5 nitrogen and oxygen atoms in total. The minimum Gasteiger partial charge on any atom is -0.376 e. The smallest absolute Gasteiger partial charge is 0.322 e. The number of thioether (sulfide) groups is 1. The maximum absolute atomic E-state index is 12.7. The van der Waals surface area contributed by atoms with Gasteiger partial charge in [0.05, 0.1) is 11.8 Å². The summed E-state index contributed by atoms with van der Waals surface area (Å²) in [5, 5.41) is 2.77. The molecule has 2 amide bonds. The lowest BCUT2D eigenvalue weighted by Gasteiger charge is -2.27. The second-order valence-corrected chi connectivity index (χ2v) is 7.22. The number of carbonyl (C=O) groups excluding carboxylic acids is 1. The largest absolute Gasteiger partial charge is 0.376 e. The Kier molecular flexibility index (Phi) is 7.92. The van der Waals surface area contributed by atoms with Crippen LogP contribution in [0, 0.1) is 0 Å². The zero-order valence-electron chi connectivity index (χ0n) is 14.6. The number of nitrogens with zero attached hydrogens (tertiary/aromatic N) is 2. The Morgan fingerprint density at radius 2 is 2.12 bits per heavy atom. The molecule has 1 saturated heterocycles. The van der Waals surface area contributed by atoms with Crippen LogP contribution >= 0.6 is 11.8 Å². The molecule has 1 aliphatic heterocycles. The van der Waals surface area contributed by atoms with Crippen LogP contribution in [0.2, 0.25) is 0 Å². The van der Waals surface area contributed by atoms with Crippen LogP contribution in [0.25, 0.3) is 0 Å². The van der Waals surface area contributed by atoms with Gasteiger partial charge in [-0.25, -0.2) is 4.79 Å². The number of benzene rings is 1. The molecule has 1 aromatic carbocycles. The summed E-state index contributed by atoms with van der Waals surface area (Å²) in [6.07, 6.45) is 1.98. The van der Waals surface area contributed by atoms with Crippen LogP contribution in [0.1, 0.15) is 12.8 Å². The van der Waals surface area contributed by atoms with Crippen LogP contribution in [-0.2, 0) is 4.74 Å². The molecule has 1 heterocycles. The molecule has 8 heteroatoms. The van der Waals surface area contributed by atoms with E-state index < -0.39 is 5.76 Å². The lowest BCUT2D eigenvalue weighted by atomic mass is 10.2. The number of anilines is 1. The number of carbonyl (C=O) groups is 1. The summed E-state index contributed by atoms with van der Waals surface area (Å²) in [5.41, 5.74) is 0.403. The molecule has 2 rings (SSSR count). The molecule has 1 atom stereocenters. The van der Waals surface area contributed by atoms with Crippen LogP contribution in [-0.4, -0.2) is 68.0 Å². The van der Waals surface area contributed by atoms with E-state index in [1.54, 1.807) is 29.2 Å². The number of para-hydroxylation sites is 1. The van der Waals surface area contributed by atoms with E-state index in [4.69, 9.17) is 4.74 Å².